The summed E-state index contributed by atoms with van der Waals surface area (Å²) in [4.78, 5) is 12.1. The molecular weight excluding hydrogens is 419 g/mol. The number of nitrogens with zero attached hydrogens (tertiary/aromatic N) is 3. The summed E-state index contributed by atoms with van der Waals surface area (Å²) in [7, 11) is 1.83. The number of carbonyl (C=O) groups is 1. The fourth-order valence-electron chi connectivity index (χ4n) is 2.47. The largest absolute Gasteiger partial charge is 0.481 e. The van der Waals surface area contributed by atoms with Crippen LogP contribution in [0.15, 0.2) is 53.7 Å². The zero-order chi connectivity index (χ0) is 20.1. The molecule has 0 aliphatic heterocycles. The number of benzene rings is 2. The van der Waals surface area contributed by atoms with Crippen molar-refractivity contribution in [2.45, 2.75) is 18.2 Å². The van der Waals surface area contributed by atoms with Crippen LogP contribution in [0.1, 0.15) is 18.9 Å². The maximum atomic E-state index is 12.1. The summed E-state index contributed by atoms with van der Waals surface area (Å²) in [6.45, 7) is 1.85. The number of aromatic nitrogens is 3. The fraction of sp³-hybridized carbons (Fsp3) is 0.211. The first-order valence-corrected chi connectivity index (χ1v) is 10.2. The quantitative estimate of drug-likeness (QED) is 0.528. The van der Waals surface area contributed by atoms with E-state index in [0.29, 0.717) is 26.8 Å². The number of anilines is 1. The maximum absolute atomic E-state index is 12.1. The van der Waals surface area contributed by atoms with Gasteiger partial charge < -0.3 is 14.6 Å². The number of amides is 1. The van der Waals surface area contributed by atoms with E-state index in [2.05, 4.69) is 15.5 Å². The lowest BCUT2D eigenvalue weighted by molar-refractivity contribution is -0.113. The fourth-order valence-corrected chi connectivity index (χ4v) is 3.51. The zero-order valence-electron chi connectivity index (χ0n) is 15.2. The molecule has 3 aromatic rings. The van der Waals surface area contributed by atoms with Gasteiger partial charge in [0.15, 0.2) is 17.1 Å². The van der Waals surface area contributed by atoms with Crippen molar-refractivity contribution in [2.75, 3.05) is 11.1 Å². The third-order valence-electron chi connectivity index (χ3n) is 3.82. The third kappa shape index (κ3) is 5.19. The Labute approximate surface area is 177 Å². The van der Waals surface area contributed by atoms with Crippen molar-refractivity contribution in [2.24, 2.45) is 7.05 Å². The van der Waals surface area contributed by atoms with Crippen molar-refractivity contribution in [1.29, 1.82) is 0 Å². The van der Waals surface area contributed by atoms with Crippen molar-refractivity contribution in [3.8, 4) is 5.75 Å². The second-order valence-corrected chi connectivity index (χ2v) is 7.72. The van der Waals surface area contributed by atoms with Gasteiger partial charge in [0.25, 0.3) is 0 Å². The maximum Gasteiger partial charge on any atom is 0.234 e. The molecule has 0 aliphatic carbocycles. The van der Waals surface area contributed by atoms with Gasteiger partial charge in [0.05, 0.1) is 10.8 Å². The SMILES string of the molecule is CC(Oc1cc(Cl)ccc1Cl)c1nnc(SCC(=O)Nc2ccccc2)n1C. The standard InChI is InChI=1S/C19H18Cl2N4O2S/c1-12(27-16-10-13(20)8-9-15(16)21)18-23-24-19(25(18)2)28-11-17(26)22-14-6-4-3-5-7-14/h3-10,12H,11H2,1-2H3,(H,22,26). The Morgan fingerprint density at radius 2 is 1.96 bits per heavy atom. The number of hydrogen-bond acceptors (Lipinski definition) is 5. The zero-order valence-corrected chi connectivity index (χ0v) is 17.6. The van der Waals surface area contributed by atoms with Gasteiger partial charge in [0.2, 0.25) is 5.91 Å². The van der Waals surface area contributed by atoms with Gasteiger partial charge >= 0.3 is 0 Å². The van der Waals surface area contributed by atoms with E-state index in [-0.39, 0.29) is 11.7 Å². The molecule has 3 rings (SSSR count). The van der Waals surface area contributed by atoms with E-state index in [4.69, 9.17) is 27.9 Å². The highest BCUT2D eigenvalue weighted by Gasteiger charge is 2.19. The van der Waals surface area contributed by atoms with Gasteiger partial charge in [-0.2, -0.15) is 0 Å². The summed E-state index contributed by atoms with van der Waals surface area (Å²) in [6.07, 6.45) is -0.402. The van der Waals surface area contributed by atoms with Gasteiger partial charge in [-0.3, -0.25) is 4.79 Å². The monoisotopic (exact) mass is 436 g/mol. The number of hydrogen-bond donors (Lipinski definition) is 1. The molecule has 2 aromatic carbocycles. The number of para-hydroxylation sites is 1. The summed E-state index contributed by atoms with van der Waals surface area (Å²) < 4.78 is 7.68. The first-order chi connectivity index (χ1) is 13.4. The highest BCUT2D eigenvalue weighted by molar-refractivity contribution is 7.99. The average molecular weight is 437 g/mol. The van der Waals surface area contributed by atoms with Crippen LogP contribution < -0.4 is 10.1 Å². The van der Waals surface area contributed by atoms with E-state index in [0.717, 1.165) is 5.69 Å². The molecular formula is C19H18Cl2N4O2S. The second-order valence-electron chi connectivity index (χ2n) is 5.94. The van der Waals surface area contributed by atoms with Gasteiger partial charge in [0.1, 0.15) is 5.75 Å². The number of thioether (sulfide) groups is 1. The van der Waals surface area contributed by atoms with Crippen molar-refractivity contribution in [1.82, 2.24) is 14.8 Å². The van der Waals surface area contributed by atoms with Gasteiger partial charge in [-0.25, -0.2) is 0 Å². The van der Waals surface area contributed by atoms with E-state index in [9.17, 15) is 4.79 Å². The van der Waals surface area contributed by atoms with E-state index >= 15 is 0 Å². The van der Waals surface area contributed by atoms with Crippen molar-refractivity contribution < 1.29 is 9.53 Å². The van der Waals surface area contributed by atoms with Crippen LogP contribution in [-0.2, 0) is 11.8 Å². The van der Waals surface area contributed by atoms with Crippen LogP contribution >= 0.6 is 35.0 Å². The summed E-state index contributed by atoms with van der Waals surface area (Å²) in [6, 6.07) is 14.3. The van der Waals surface area contributed by atoms with Crippen LogP contribution in [0, 0.1) is 0 Å². The Kier molecular flexibility index (Phi) is 6.83. The lowest BCUT2D eigenvalue weighted by atomic mass is 10.3. The van der Waals surface area contributed by atoms with Gasteiger partial charge in [-0.15, -0.1) is 10.2 Å². The molecule has 0 aliphatic rings. The Bertz CT molecular complexity index is 966. The molecule has 6 nitrogen and oxygen atoms in total. The Morgan fingerprint density at radius 1 is 1.21 bits per heavy atom. The predicted molar refractivity (Wildman–Crippen MR) is 112 cm³/mol. The molecule has 0 spiro atoms. The molecule has 1 N–H and O–H groups in total. The van der Waals surface area contributed by atoms with E-state index in [1.807, 2.05) is 44.3 Å². The van der Waals surface area contributed by atoms with E-state index < -0.39 is 6.10 Å². The smallest absolute Gasteiger partial charge is 0.234 e. The van der Waals surface area contributed by atoms with Crippen LogP contribution in [0.5, 0.6) is 5.75 Å². The van der Waals surface area contributed by atoms with Crippen LogP contribution in [-0.4, -0.2) is 26.4 Å². The molecule has 28 heavy (non-hydrogen) atoms. The molecule has 146 valence electrons. The number of nitrogens with one attached hydrogen (secondary N) is 1. The van der Waals surface area contributed by atoms with E-state index in [1.54, 1.807) is 22.8 Å². The lowest BCUT2D eigenvalue weighted by Crippen LogP contribution is -2.14. The number of rotatable bonds is 7. The van der Waals surface area contributed by atoms with Crippen molar-refractivity contribution in [3.63, 3.8) is 0 Å². The van der Waals surface area contributed by atoms with Crippen LogP contribution in [0.2, 0.25) is 10.0 Å². The first kappa shape index (κ1) is 20.5. The highest BCUT2D eigenvalue weighted by atomic mass is 35.5. The summed E-state index contributed by atoms with van der Waals surface area (Å²) >= 11 is 13.4. The van der Waals surface area contributed by atoms with Crippen molar-refractivity contribution in [3.05, 3.63) is 64.4 Å². The molecule has 0 radical (unpaired) electrons. The molecule has 0 saturated heterocycles. The Hall–Kier alpha value is -2.22. The molecule has 0 bridgehead atoms. The number of ether oxygens (including phenoxy) is 1. The van der Waals surface area contributed by atoms with Gasteiger partial charge in [-0.05, 0) is 31.2 Å². The topological polar surface area (TPSA) is 69.0 Å². The molecule has 1 amide bonds. The van der Waals surface area contributed by atoms with Gasteiger partial charge in [0, 0.05) is 23.8 Å². The second kappa shape index (κ2) is 9.32. The molecule has 1 unspecified atom stereocenters. The number of halogens is 2. The average Bonchev–Trinajstić information content (AvgIpc) is 3.04. The molecule has 9 heteroatoms. The minimum absolute atomic E-state index is 0.115. The van der Waals surface area contributed by atoms with E-state index in [1.165, 1.54) is 11.8 Å². The van der Waals surface area contributed by atoms with Crippen molar-refractivity contribution >= 4 is 46.6 Å². The summed E-state index contributed by atoms with van der Waals surface area (Å²) in [5.41, 5.74) is 0.757. The minimum Gasteiger partial charge on any atom is -0.481 e. The molecule has 1 aromatic heterocycles. The Morgan fingerprint density at radius 3 is 2.71 bits per heavy atom. The number of carbonyl (C=O) groups excluding carboxylic acids is 1. The molecule has 1 heterocycles. The first-order valence-electron chi connectivity index (χ1n) is 8.42. The predicted octanol–water partition coefficient (Wildman–Crippen LogP) is 4.99. The molecule has 0 fully saturated rings. The summed E-state index contributed by atoms with van der Waals surface area (Å²) in [5.74, 6) is 1.19. The minimum atomic E-state index is -0.402. The summed E-state index contributed by atoms with van der Waals surface area (Å²) in [5, 5.41) is 12.8. The molecule has 0 saturated carbocycles. The lowest BCUT2D eigenvalue weighted by Gasteiger charge is -2.15. The highest BCUT2D eigenvalue weighted by Crippen LogP contribution is 2.31. The van der Waals surface area contributed by atoms with Gasteiger partial charge in [-0.1, -0.05) is 53.2 Å². The normalized spacial score (nSPS) is 11.9. The Balaban J connectivity index is 1.61. The van der Waals surface area contributed by atoms with Crippen LogP contribution in [0.25, 0.3) is 0 Å². The van der Waals surface area contributed by atoms with Crippen LogP contribution in [0.4, 0.5) is 5.69 Å². The molecule has 1 atom stereocenters. The van der Waals surface area contributed by atoms with Crippen LogP contribution in [0.3, 0.4) is 0 Å². The third-order valence-corrected chi connectivity index (χ3v) is 5.39.